The van der Waals surface area contributed by atoms with Gasteiger partial charge in [0.2, 0.25) is 5.88 Å². The number of hydrogen-bond acceptors (Lipinski definition) is 4. The van der Waals surface area contributed by atoms with Crippen LogP contribution in [0.2, 0.25) is 0 Å². The number of benzene rings is 2. The Hall–Kier alpha value is -3.40. The molecule has 0 spiro atoms. The summed E-state index contributed by atoms with van der Waals surface area (Å²) in [6.45, 7) is 2.02. The van der Waals surface area contributed by atoms with Crippen molar-refractivity contribution >= 4 is 17.2 Å². The van der Waals surface area contributed by atoms with Gasteiger partial charge in [-0.1, -0.05) is 66.7 Å². The Morgan fingerprint density at radius 1 is 0.815 bits per heavy atom. The maximum atomic E-state index is 6.35. The molecule has 2 aromatic carbocycles. The minimum absolute atomic E-state index is 0.169. The van der Waals surface area contributed by atoms with Gasteiger partial charge in [0.1, 0.15) is 11.8 Å². The summed E-state index contributed by atoms with van der Waals surface area (Å²) >= 11 is 0. The second-order valence-electron chi connectivity index (χ2n) is 6.23. The monoisotopic (exact) mass is 356 g/mol. The molecule has 3 aromatic rings. The number of nitrogens with zero attached hydrogens (tertiary/aromatic N) is 2. The van der Waals surface area contributed by atoms with Crippen molar-refractivity contribution in [2.75, 3.05) is 7.11 Å². The van der Waals surface area contributed by atoms with Crippen molar-refractivity contribution in [2.24, 2.45) is 4.99 Å². The fourth-order valence-corrected chi connectivity index (χ4v) is 3.09. The standard InChI is InChI=1S/C23H20N2O2/c1-16-21(17-10-5-3-6-11-17)25-22(19-14-9-15-20(24-19)26-2)23(27-16)18-12-7-4-8-13-18/h3-16H,1-2H3. The molecule has 4 nitrogen and oxygen atoms in total. The van der Waals surface area contributed by atoms with E-state index < -0.39 is 0 Å². The number of methoxy groups -OCH3 is 1. The zero-order valence-corrected chi connectivity index (χ0v) is 15.3. The fraction of sp³-hybridized carbons (Fsp3) is 0.130. The topological polar surface area (TPSA) is 43.7 Å². The van der Waals surface area contributed by atoms with Gasteiger partial charge in [0, 0.05) is 11.6 Å². The van der Waals surface area contributed by atoms with Crippen molar-refractivity contribution in [1.82, 2.24) is 4.98 Å². The summed E-state index contributed by atoms with van der Waals surface area (Å²) in [5.74, 6) is 1.27. The van der Waals surface area contributed by atoms with Crippen LogP contribution in [-0.2, 0) is 4.74 Å². The number of ether oxygens (including phenoxy) is 2. The van der Waals surface area contributed by atoms with Gasteiger partial charge in [-0.25, -0.2) is 9.98 Å². The molecular weight excluding hydrogens is 336 g/mol. The smallest absolute Gasteiger partial charge is 0.213 e. The highest BCUT2D eigenvalue weighted by atomic mass is 16.5. The molecule has 27 heavy (non-hydrogen) atoms. The van der Waals surface area contributed by atoms with Crippen LogP contribution in [0.4, 0.5) is 0 Å². The van der Waals surface area contributed by atoms with E-state index in [1.54, 1.807) is 7.11 Å². The Kier molecular flexibility index (Phi) is 4.71. The summed E-state index contributed by atoms with van der Waals surface area (Å²) in [4.78, 5) is 9.57. The fourth-order valence-electron chi connectivity index (χ4n) is 3.09. The summed E-state index contributed by atoms with van der Waals surface area (Å²) < 4.78 is 11.6. The lowest BCUT2D eigenvalue weighted by molar-refractivity contribution is 0.244. The second kappa shape index (κ2) is 7.46. The number of pyridine rings is 1. The molecule has 2 heterocycles. The Bertz CT molecular complexity index is 995. The Morgan fingerprint density at radius 3 is 2.15 bits per heavy atom. The van der Waals surface area contributed by atoms with Crippen LogP contribution in [0.1, 0.15) is 23.7 Å². The lowest BCUT2D eigenvalue weighted by Gasteiger charge is -2.26. The van der Waals surface area contributed by atoms with Crippen LogP contribution in [0.25, 0.3) is 11.5 Å². The van der Waals surface area contributed by atoms with Gasteiger partial charge in [-0.2, -0.15) is 0 Å². The molecule has 134 valence electrons. The van der Waals surface area contributed by atoms with E-state index in [2.05, 4.69) is 4.98 Å². The first-order valence-corrected chi connectivity index (χ1v) is 8.88. The van der Waals surface area contributed by atoms with Crippen molar-refractivity contribution in [1.29, 1.82) is 0 Å². The summed E-state index contributed by atoms with van der Waals surface area (Å²) in [6.07, 6.45) is -0.169. The Labute approximate surface area is 158 Å². The molecule has 0 saturated heterocycles. The molecule has 0 amide bonds. The van der Waals surface area contributed by atoms with Crippen LogP contribution in [0.5, 0.6) is 5.88 Å². The molecule has 0 bridgehead atoms. The summed E-state index contributed by atoms with van der Waals surface area (Å²) in [5, 5.41) is 0. The Balaban J connectivity index is 1.92. The highest BCUT2D eigenvalue weighted by molar-refractivity contribution is 6.09. The van der Waals surface area contributed by atoms with E-state index >= 15 is 0 Å². The molecule has 1 unspecified atom stereocenters. The first-order chi connectivity index (χ1) is 13.3. The van der Waals surface area contributed by atoms with Crippen molar-refractivity contribution < 1.29 is 9.47 Å². The number of aliphatic imine (C=N–C) groups is 1. The van der Waals surface area contributed by atoms with E-state index in [1.807, 2.05) is 85.8 Å². The molecule has 0 fully saturated rings. The van der Waals surface area contributed by atoms with Gasteiger partial charge in [-0.15, -0.1) is 0 Å². The van der Waals surface area contributed by atoms with Crippen molar-refractivity contribution in [3.63, 3.8) is 0 Å². The van der Waals surface area contributed by atoms with Gasteiger partial charge in [0.25, 0.3) is 0 Å². The second-order valence-corrected chi connectivity index (χ2v) is 6.23. The number of rotatable bonds is 4. The van der Waals surface area contributed by atoms with Gasteiger partial charge in [0.05, 0.1) is 18.5 Å². The molecular formula is C23H20N2O2. The van der Waals surface area contributed by atoms with Crippen molar-refractivity contribution in [3.05, 3.63) is 95.7 Å². The number of aromatic nitrogens is 1. The maximum Gasteiger partial charge on any atom is 0.213 e. The van der Waals surface area contributed by atoms with Crippen molar-refractivity contribution in [3.8, 4) is 5.88 Å². The van der Waals surface area contributed by atoms with Crippen LogP contribution >= 0.6 is 0 Å². The van der Waals surface area contributed by atoms with Gasteiger partial charge in [-0.3, -0.25) is 0 Å². The number of hydrogen-bond donors (Lipinski definition) is 0. The van der Waals surface area contributed by atoms with Gasteiger partial charge in [0.15, 0.2) is 5.76 Å². The van der Waals surface area contributed by atoms with Crippen LogP contribution in [0, 0.1) is 0 Å². The lowest BCUT2D eigenvalue weighted by Crippen LogP contribution is -2.25. The molecule has 4 heteroatoms. The van der Waals surface area contributed by atoms with E-state index in [0.717, 1.165) is 22.6 Å². The van der Waals surface area contributed by atoms with E-state index in [1.165, 1.54) is 0 Å². The third kappa shape index (κ3) is 3.47. The van der Waals surface area contributed by atoms with E-state index in [9.17, 15) is 0 Å². The SMILES string of the molecule is COc1cccc(C2=C(c3ccccc3)OC(C)C(c3ccccc3)=N2)n1. The summed E-state index contributed by atoms with van der Waals surface area (Å²) in [7, 11) is 1.61. The quantitative estimate of drug-likeness (QED) is 0.673. The predicted octanol–water partition coefficient (Wildman–Crippen LogP) is 4.82. The van der Waals surface area contributed by atoms with Crippen LogP contribution in [-0.4, -0.2) is 23.9 Å². The molecule has 0 radical (unpaired) electrons. The van der Waals surface area contributed by atoms with E-state index in [0.29, 0.717) is 17.3 Å². The maximum absolute atomic E-state index is 6.35. The minimum Gasteiger partial charge on any atom is -0.481 e. The lowest BCUT2D eigenvalue weighted by atomic mass is 10.0. The molecule has 1 aliphatic heterocycles. The molecule has 1 atom stereocenters. The molecule has 0 aliphatic carbocycles. The first kappa shape index (κ1) is 17.0. The molecule has 0 saturated carbocycles. The first-order valence-electron chi connectivity index (χ1n) is 8.88. The molecule has 4 rings (SSSR count). The van der Waals surface area contributed by atoms with Crippen molar-refractivity contribution in [2.45, 2.75) is 13.0 Å². The zero-order chi connectivity index (χ0) is 18.6. The van der Waals surface area contributed by atoms with Crippen LogP contribution in [0.3, 0.4) is 0 Å². The summed E-state index contributed by atoms with van der Waals surface area (Å²) in [6, 6.07) is 25.7. The highest BCUT2D eigenvalue weighted by Crippen LogP contribution is 2.34. The van der Waals surface area contributed by atoms with E-state index in [4.69, 9.17) is 14.5 Å². The largest absolute Gasteiger partial charge is 0.481 e. The minimum atomic E-state index is -0.169. The van der Waals surface area contributed by atoms with Gasteiger partial charge < -0.3 is 9.47 Å². The van der Waals surface area contributed by atoms with Crippen LogP contribution < -0.4 is 4.74 Å². The molecule has 0 N–H and O–H groups in total. The highest BCUT2D eigenvalue weighted by Gasteiger charge is 2.26. The third-order valence-electron chi connectivity index (χ3n) is 4.41. The normalized spacial score (nSPS) is 16.5. The van der Waals surface area contributed by atoms with Crippen LogP contribution in [0.15, 0.2) is 83.9 Å². The van der Waals surface area contributed by atoms with E-state index in [-0.39, 0.29) is 6.10 Å². The zero-order valence-electron chi connectivity index (χ0n) is 15.3. The summed E-state index contributed by atoms with van der Waals surface area (Å²) in [5.41, 5.74) is 4.32. The average molecular weight is 356 g/mol. The van der Waals surface area contributed by atoms with Gasteiger partial charge >= 0.3 is 0 Å². The molecule has 1 aliphatic rings. The predicted molar refractivity (Wildman–Crippen MR) is 108 cm³/mol. The average Bonchev–Trinajstić information content (AvgIpc) is 2.75. The van der Waals surface area contributed by atoms with Gasteiger partial charge in [-0.05, 0) is 18.6 Å². The Morgan fingerprint density at radius 2 is 1.48 bits per heavy atom. The third-order valence-corrected chi connectivity index (χ3v) is 4.41. The molecule has 1 aromatic heterocycles.